The van der Waals surface area contributed by atoms with E-state index in [1.54, 1.807) is 37.3 Å². The Morgan fingerprint density at radius 3 is 2.60 bits per heavy atom. The molecule has 0 unspecified atom stereocenters. The molecular weight excluding hydrogens is 522 g/mol. The molecule has 11 heteroatoms. The second-order valence-electron chi connectivity index (χ2n) is 9.73. The van der Waals surface area contributed by atoms with Crippen LogP contribution in [0.1, 0.15) is 51.4 Å². The van der Waals surface area contributed by atoms with Crippen LogP contribution in [-0.2, 0) is 17.9 Å². The second kappa shape index (κ2) is 10.7. The summed E-state index contributed by atoms with van der Waals surface area (Å²) in [5, 5.41) is 2.45. The number of amides is 2. The number of nitrogens with one attached hydrogen (secondary N) is 1. The molecule has 0 radical (unpaired) electrons. The van der Waals surface area contributed by atoms with E-state index in [-0.39, 0.29) is 43.2 Å². The van der Waals surface area contributed by atoms with Crippen molar-refractivity contribution in [2.45, 2.75) is 44.6 Å². The van der Waals surface area contributed by atoms with Gasteiger partial charge < -0.3 is 24.4 Å². The summed E-state index contributed by atoms with van der Waals surface area (Å²) in [7, 11) is 0. The Kier molecular flexibility index (Phi) is 7.17. The molecule has 9 nitrogen and oxygen atoms in total. The van der Waals surface area contributed by atoms with E-state index in [1.807, 2.05) is 0 Å². The Morgan fingerprint density at radius 2 is 1.90 bits per heavy atom. The minimum Gasteiger partial charge on any atom is -0.483 e. The van der Waals surface area contributed by atoms with E-state index in [1.165, 1.54) is 15.5 Å². The summed E-state index contributed by atoms with van der Waals surface area (Å²) in [5.41, 5.74) is -0.779. The fraction of sp³-hybridized carbons (Fsp3) is 0.276. The van der Waals surface area contributed by atoms with Gasteiger partial charge >= 0.3 is 0 Å². The molecule has 0 saturated carbocycles. The standard InChI is InChI=1S/C29H24F2N4O5/c1-16-22(32-2)11-24(36)23-14-34(16)29(39)25-27(40-15-17-6-4-3-5-7-17)26(37)20(13-35(23)25)28(38)33-12-18-8-9-19(30)10-21(18)31/h3-10,13,16,22-23H,11-12,14-15H2,1H3,(H,33,38)/t16-,22-,23+/m0/s1. The van der Waals surface area contributed by atoms with Crippen molar-refractivity contribution in [2.24, 2.45) is 0 Å². The summed E-state index contributed by atoms with van der Waals surface area (Å²) in [6.07, 6.45) is 1.04. The van der Waals surface area contributed by atoms with Crippen LogP contribution in [0.15, 0.2) is 59.5 Å². The molecule has 1 N–H and O–H groups in total. The summed E-state index contributed by atoms with van der Waals surface area (Å²) >= 11 is 0. The average molecular weight is 547 g/mol. The normalized spacial score (nSPS) is 19.9. The lowest BCUT2D eigenvalue weighted by atomic mass is 10.0. The fourth-order valence-corrected chi connectivity index (χ4v) is 5.00. The summed E-state index contributed by atoms with van der Waals surface area (Å²) in [4.78, 5) is 58.7. The van der Waals surface area contributed by atoms with Crippen LogP contribution in [0, 0.1) is 18.2 Å². The van der Waals surface area contributed by atoms with Gasteiger partial charge in [0.2, 0.25) is 11.5 Å². The minimum atomic E-state index is -0.942. The fourth-order valence-electron chi connectivity index (χ4n) is 5.00. The van der Waals surface area contributed by atoms with Crippen LogP contribution in [0.5, 0.6) is 5.75 Å². The van der Waals surface area contributed by atoms with Gasteiger partial charge in [0.15, 0.2) is 17.2 Å². The molecule has 2 aromatic carbocycles. The largest absolute Gasteiger partial charge is 0.483 e. The van der Waals surface area contributed by atoms with Gasteiger partial charge in [-0.25, -0.2) is 15.4 Å². The number of ketones is 1. The predicted octanol–water partition coefficient (Wildman–Crippen LogP) is 3.28. The number of carbonyl (C=O) groups is 3. The molecule has 204 valence electrons. The van der Waals surface area contributed by atoms with E-state index >= 15 is 0 Å². The van der Waals surface area contributed by atoms with Gasteiger partial charge in [-0.3, -0.25) is 19.2 Å². The highest BCUT2D eigenvalue weighted by Crippen LogP contribution is 2.34. The number of halogens is 2. The molecule has 2 amide bonds. The van der Waals surface area contributed by atoms with Crippen molar-refractivity contribution in [3.63, 3.8) is 0 Å². The molecular formula is C29H24F2N4O5. The molecule has 1 fully saturated rings. The zero-order valence-corrected chi connectivity index (χ0v) is 21.4. The number of benzene rings is 2. The van der Waals surface area contributed by atoms with Gasteiger partial charge in [0, 0.05) is 30.9 Å². The predicted molar refractivity (Wildman–Crippen MR) is 139 cm³/mol. The van der Waals surface area contributed by atoms with Gasteiger partial charge in [0.05, 0.1) is 6.42 Å². The quantitative estimate of drug-likeness (QED) is 0.479. The van der Waals surface area contributed by atoms with Gasteiger partial charge in [-0.2, -0.15) is 0 Å². The third-order valence-corrected chi connectivity index (χ3v) is 7.28. The number of aromatic nitrogens is 1. The highest BCUT2D eigenvalue weighted by atomic mass is 19.1. The van der Waals surface area contributed by atoms with Crippen molar-refractivity contribution in [1.82, 2.24) is 14.8 Å². The lowest BCUT2D eigenvalue weighted by molar-refractivity contribution is -0.122. The Hall–Kier alpha value is -4.85. The number of Topliss-reactive ketones (excluding diaryl/α,β-unsaturated/α-hetero) is 1. The maximum absolute atomic E-state index is 14.1. The number of pyridine rings is 1. The zero-order valence-electron chi connectivity index (χ0n) is 21.4. The van der Waals surface area contributed by atoms with Crippen LogP contribution in [-0.4, -0.2) is 45.7 Å². The monoisotopic (exact) mass is 546 g/mol. The number of hydrogen-bond donors (Lipinski definition) is 1. The topological polar surface area (TPSA) is 102 Å². The van der Waals surface area contributed by atoms with E-state index < -0.39 is 58.3 Å². The number of rotatable bonds is 6. The zero-order chi connectivity index (χ0) is 28.6. The van der Waals surface area contributed by atoms with E-state index in [0.29, 0.717) is 11.6 Å². The summed E-state index contributed by atoms with van der Waals surface area (Å²) in [6, 6.07) is 9.47. The highest BCUT2D eigenvalue weighted by molar-refractivity contribution is 6.01. The van der Waals surface area contributed by atoms with Crippen LogP contribution < -0.4 is 15.5 Å². The molecule has 0 aliphatic carbocycles. The van der Waals surface area contributed by atoms with E-state index in [9.17, 15) is 28.0 Å². The van der Waals surface area contributed by atoms with Crippen LogP contribution in [0.25, 0.3) is 4.85 Å². The first-order valence-corrected chi connectivity index (χ1v) is 12.6. The maximum Gasteiger partial charge on any atom is 0.275 e. The van der Waals surface area contributed by atoms with Gasteiger partial charge in [-0.15, -0.1) is 0 Å². The molecule has 1 aromatic heterocycles. The van der Waals surface area contributed by atoms with Gasteiger partial charge in [0.1, 0.15) is 35.9 Å². The molecule has 3 atom stereocenters. The number of carbonyl (C=O) groups excluding carboxylic acids is 3. The highest BCUT2D eigenvalue weighted by Gasteiger charge is 2.47. The molecule has 3 heterocycles. The third-order valence-electron chi connectivity index (χ3n) is 7.28. The molecule has 40 heavy (non-hydrogen) atoms. The molecule has 2 aliphatic heterocycles. The Morgan fingerprint density at radius 1 is 1.15 bits per heavy atom. The Bertz CT molecular complexity index is 1620. The molecule has 0 spiro atoms. The molecule has 2 aliphatic rings. The van der Waals surface area contributed by atoms with Gasteiger partial charge in [-0.05, 0) is 18.6 Å². The Labute approximate surface area is 227 Å². The van der Waals surface area contributed by atoms with Gasteiger partial charge in [-0.1, -0.05) is 36.4 Å². The maximum atomic E-state index is 14.1. The first-order valence-electron chi connectivity index (χ1n) is 12.6. The number of ether oxygens (including phenoxy) is 1. The van der Waals surface area contributed by atoms with Gasteiger partial charge in [0.25, 0.3) is 11.8 Å². The van der Waals surface area contributed by atoms with Crippen molar-refractivity contribution in [2.75, 3.05) is 6.54 Å². The van der Waals surface area contributed by atoms with Crippen LogP contribution >= 0.6 is 0 Å². The van der Waals surface area contributed by atoms with Crippen LogP contribution in [0.2, 0.25) is 0 Å². The van der Waals surface area contributed by atoms with Crippen molar-refractivity contribution < 1.29 is 27.9 Å². The summed E-state index contributed by atoms with van der Waals surface area (Å²) in [6.45, 7) is 8.74. The summed E-state index contributed by atoms with van der Waals surface area (Å²) in [5.74, 6) is -3.84. The SMILES string of the molecule is [C-]#[N+][C@H]1CC(=O)[C@H]2CN(C(=O)c3c(OCc4ccccc4)c(=O)c(C(=O)NCc4ccc(F)cc4F)cn32)[C@H]1C. The summed E-state index contributed by atoms with van der Waals surface area (Å²) < 4.78 is 34.5. The first kappa shape index (κ1) is 26.7. The number of hydrogen-bond acceptors (Lipinski definition) is 5. The number of nitrogens with zero attached hydrogens (tertiary/aromatic N) is 3. The Balaban J connectivity index is 1.58. The van der Waals surface area contributed by atoms with Crippen molar-refractivity contribution in [1.29, 1.82) is 0 Å². The average Bonchev–Trinajstić information content (AvgIpc) is 3.05. The van der Waals surface area contributed by atoms with E-state index in [2.05, 4.69) is 10.2 Å². The molecule has 2 bridgehead atoms. The lowest BCUT2D eigenvalue weighted by Gasteiger charge is -2.36. The minimum absolute atomic E-state index is 0.00250. The molecule has 1 saturated heterocycles. The van der Waals surface area contributed by atoms with E-state index in [0.717, 1.165) is 12.3 Å². The smallest absolute Gasteiger partial charge is 0.275 e. The van der Waals surface area contributed by atoms with Crippen LogP contribution in [0.4, 0.5) is 8.78 Å². The first-order chi connectivity index (χ1) is 19.2. The lowest BCUT2D eigenvalue weighted by Crippen LogP contribution is -2.50. The number of fused-ring (bicyclic) bond motifs is 4. The van der Waals surface area contributed by atoms with Crippen molar-refractivity contribution >= 4 is 17.6 Å². The van der Waals surface area contributed by atoms with Crippen molar-refractivity contribution in [3.05, 3.63) is 110 Å². The van der Waals surface area contributed by atoms with E-state index in [4.69, 9.17) is 11.3 Å². The third kappa shape index (κ3) is 4.84. The molecule has 5 rings (SSSR count). The van der Waals surface area contributed by atoms with Crippen molar-refractivity contribution in [3.8, 4) is 5.75 Å². The second-order valence-corrected chi connectivity index (χ2v) is 9.73. The molecule has 3 aromatic rings. The van der Waals surface area contributed by atoms with Crippen LogP contribution in [0.3, 0.4) is 0 Å².